The zero-order valence-electron chi connectivity index (χ0n) is 18.5. The average Bonchev–Trinajstić information content (AvgIpc) is 3.24. The van der Waals surface area contributed by atoms with Gasteiger partial charge in [0.2, 0.25) is 0 Å². The third-order valence-electron chi connectivity index (χ3n) is 6.90. The molecule has 6 nitrogen and oxygen atoms in total. The monoisotopic (exact) mass is 562 g/mol. The van der Waals surface area contributed by atoms with Gasteiger partial charge in [-0.15, -0.1) is 24.0 Å². The minimum Gasteiger partial charge on any atom is -0.381 e. The number of benzene rings is 1. The van der Waals surface area contributed by atoms with Crippen LogP contribution in [0, 0.1) is 5.92 Å². The topological polar surface area (TPSA) is 49.3 Å². The van der Waals surface area contributed by atoms with Crippen LogP contribution in [0.2, 0.25) is 5.02 Å². The van der Waals surface area contributed by atoms with E-state index in [0.717, 1.165) is 89.5 Å². The van der Waals surface area contributed by atoms with Crippen molar-refractivity contribution >= 4 is 41.5 Å². The van der Waals surface area contributed by atoms with Gasteiger partial charge in [0.25, 0.3) is 0 Å². The highest BCUT2D eigenvalue weighted by Crippen LogP contribution is 2.38. The Balaban J connectivity index is 0.00000272. The van der Waals surface area contributed by atoms with Crippen LogP contribution >= 0.6 is 35.6 Å². The molecule has 174 valence electrons. The predicted molar refractivity (Wildman–Crippen MR) is 137 cm³/mol. The van der Waals surface area contributed by atoms with Gasteiger partial charge in [-0.05, 0) is 36.8 Å². The first-order chi connectivity index (χ1) is 14.7. The second kappa shape index (κ2) is 12.0. The van der Waals surface area contributed by atoms with Crippen LogP contribution in [0.25, 0.3) is 0 Å². The van der Waals surface area contributed by atoms with Crippen molar-refractivity contribution in [3.05, 3.63) is 34.9 Å². The molecule has 3 aliphatic heterocycles. The Labute approximate surface area is 208 Å². The molecule has 0 saturated carbocycles. The summed E-state index contributed by atoms with van der Waals surface area (Å²) in [6.45, 7) is 9.54. The molecular weight excluding hydrogens is 527 g/mol. The van der Waals surface area contributed by atoms with Crippen LogP contribution in [0.15, 0.2) is 29.3 Å². The average molecular weight is 563 g/mol. The quantitative estimate of drug-likeness (QED) is 0.339. The van der Waals surface area contributed by atoms with Crippen molar-refractivity contribution in [3.63, 3.8) is 0 Å². The molecule has 1 atom stereocenters. The summed E-state index contributed by atoms with van der Waals surface area (Å²) in [5, 5.41) is 4.55. The van der Waals surface area contributed by atoms with E-state index in [1.165, 1.54) is 12.0 Å². The molecule has 3 heterocycles. The van der Waals surface area contributed by atoms with Crippen molar-refractivity contribution in [3.8, 4) is 0 Å². The highest BCUT2D eigenvalue weighted by Gasteiger charge is 2.37. The fourth-order valence-corrected chi connectivity index (χ4v) is 5.43. The van der Waals surface area contributed by atoms with Crippen LogP contribution < -0.4 is 5.32 Å². The van der Waals surface area contributed by atoms with E-state index in [2.05, 4.69) is 32.2 Å². The van der Waals surface area contributed by atoms with Gasteiger partial charge in [-0.3, -0.25) is 9.89 Å². The molecule has 1 N–H and O–H groups in total. The third-order valence-corrected chi connectivity index (χ3v) is 7.23. The third kappa shape index (κ3) is 6.25. The first kappa shape index (κ1) is 25.0. The van der Waals surface area contributed by atoms with Gasteiger partial charge in [0.05, 0.1) is 13.2 Å². The smallest absolute Gasteiger partial charge is 0.193 e. The minimum atomic E-state index is -0.0144. The Kier molecular flexibility index (Phi) is 9.70. The molecule has 31 heavy (non-hydrogen) atoms. The van der Waals surface area contributed by atoms with E-state index in [-0.39, 0.29) is 29.4 Å². The van der Waals surface area contributed by atoms with Crippen molar-refractivity contribution in [2.24, 2.45) is 10.9 Å². The molecule has 8 heteroatoms. The lowest BCUT2D eigenvalue weighted by molar-refractivity contribution is 0.0315. The van der Waals surface area contributed by atoms with Gasteiger partial charge >= 0.3 is 0 Å². The van der Waals surface area contributed by atoms with E-state index >= 15 is 0 Å². The summed E-state index contributed by atoms with van der Waals surface area (Å²) in [5.41, 5.74) is 1.21. The molecule has 0 bridgehead atoms. The van der Waals surface area contributed by atoms with E-state index < -0.39 is 0 Å². The predicted octanol–water partition coefficient (Wildman–Crippen LogP) is 3.24. The van der Waals surface area contributed by atoms with Crippen LogP contribution in [0.4, 0.5) is 0 Å². The Morgan fingerprint density at radius 2 is 1.84 bits per heavy atom. The van der Waals surface area contributed by atoms with Gasteiger partial charge in [0, 0.05) is 70.0 Å². The van der Waals surface area contributed by atoms with E-state index in [9.17, 15) is 0 Å². The van der Waals surface area contributed by atoms with Gasteiger partial charge in [0.15, 0.2) is 5.96 Å². The number of rotatable bonds is 5. The largest absolute Gasteiger partial charge is 0.381 e. The fourth-order valence-electron chi connectivity index (χ4n) is 5.10. The molecular formula is C23H36ClIN4O2. The SMILES string of the molecule is CN=C(NCC1(c2ccccc2Cl)CCOCC1)N1CCC(CN2CCOCC2)C1.I. The lowest BCUT2D eigenvalue weighted by Crippen LogP contribution is -2.49. The first-order valence-corrected chi connectivity index (χ1v) is 11.7. The molecule has 0 aliphatic carbocycles. The zero-order chi connectivity index (χ0) is 20.8. The molecule has 1 aromatic carbocycles. The van der Waals surface area contributed by atoms with Crippen LogP contribution in [0.3, 0.4) is 0 Å². The van der Waals surface area contributed by atoms with Crippen LogP contribution in [-0.2, 0) is 14.9 Å². The maximum atomic E-state index is 6.61. The zero-order valence-corrected chi connectivity index (χ0v) is 21.6. The van der Waals surface area contributed by atoms with Gasteiger partial charge in [-0.25, -0.2) is 0 Å². The number of hydrogen-bond acceptors (Lipinski definition) is 4. The Morgan fingerprint density at radius 1 is 1.13 bits per heavy atom. The van der Waals surface area contributed by atoms with E-state index in [0.29, 0.717) is 5.92 Å². The number of hydrogen-bond donors (Lipinski definition) is 1. The molecule has 0 spiro atoms. The number of morpholine rings is 1. The Hall–Kier alpha value is -0.610. The number of nitrogens with one attached hydrogen (secondary N) is 1. The second-order valence-corrected chi connectivity index (χ2v) is 9.19. The van der Waals surface area contributed by atoms with Crippen molar-refractivity contribution in [1.82, 2.24) is 15.1 Å². The summed E-state index contributed by atoms with van der Waals surface area (Å²) < 4.78 is 11.2. The molecule has 0 radical (unpaired) electrons. The van der Waals surface area contributed by atoms with Gasteiger partial charge < -0.3 is 19.7 Å². The maximum absolute atomic E-state index is 6.61. The molecule has 1 aromatic rings. The molecule has 0 aromatic heterocycles. The molecule has 0 amide bonds. The van der Waals surface area contributed by atoms with Gasteiger partial charge in [0.1, 0.15) is 0 Å². The summed E-state index contributed by atoms with van der Waals surface area (Å²) in [6.07, 6.45) is 3.17. The lowest BCUT2D eigenvalue weighted by atomic mass is 9.74. The van der Waals surface area contributed by atoms with E-state index in [4.69, 9.17) is 21.1 Å². The highest BCUT2D eigenvalue weighted by atomic mass is 127. The highest BCUT2D eigenvalue weighted by molar-refractivity contribution is 14.0. The van der Waals surface area contributed by atoms with Crippen LogP contribution in [0.1, 0.15) is 24.8 Å². The van der Waals surface area contributed by atoms with E-state index in [1.807, 2.05) is 19.2 Å². The maximum Gasteiger partial charge on any atom is 0.193 e. The summed E-state index contributed by atoms with van der Waals surface area (Å²) >= 11 is 6.61. The van der Waals surface area contributed by atoms with E-state index in [1.54, 1.807) is 0 Å². The molecule has 4 rings (SSSR count). The van der Waals surface area contributed by atoms with Crippen molar-refractivity contribution in [1.29, 1.82) is 0 Å². The molecule has 3 fully saturated rings. The van der Waals surface area contributed by atoms with Crippen molar-refractivity contribution < 1.29 is 9.47 Å². The normalized spacial score (nSPS) is 24.6. The van der Waals surface area contributed by atoms with Gasteiger partial charge in [-0.2, -0.15) is 0 Å². The molecule has 1 unspecified atom stereocenters. The van der Waals surface area contributed by atoms with Crippen molar-refractivity contribution in [2.75, 3.05) is 72.7 Å². The number of ether oxygens (including phenoxy) is 2. The van der Waals surface area contributed by atoms with Gasteiger partial charge in [-0.1, -0.05) is 29.8 Å². The standard InChI is InChI=1S/C23H35ClN4O2.HI/c1-25-22(28-9-6-19(17-28)16-27-10-14-30-15-11-27)26-18-23(7-12-29-13-8-23)20-4-2-3-5-21(20)24;/h2-5,19H,6-18H2,1H3,(H,25,26);1H. The van der Waals surface area contributed by atoms with Crippen LogP contribution in [0.5, 0.6) is 0 Å². The second-order valence-electron chi connectivity index (χ2n) is 8.79. The summed E-state index contributed by atoms with van der Waals surface area (Å²) in [7, 11) is 1.89. The summed E-state index contributed by atoms with van der Waals surface area (Å²) in [5.74, 6) is 1.71. The Morgan fingerprint density at radius 3 is 2.55 bits per heavy atom. The molecule has 3 saturated heterocycles. The summed E-state index contributed by atoms with van der Waals surface area (Å²) in [6, 6.07) is 8.26. The van der Waals surface area contributed by atoms with Crippen LogP contribution in [-0.4, -0.2) is 88.5 Å². The summed E-state index contributed by atoms with van der Waals surface area (Å²) in [4.78, 5) is 9.58. The molecule has 3 aliphatic rings. The lowest BCUT2D eigenvalue weighted by Gasteiger charge is -2.39. The number of aliphatic imine (C=N–C) groups is 1. The van der Waals surface area contributed by atoms with Crippen molar-refractivity contribution in [2.45, 2.75) is 24.7 Å². The number of likely N-dealkylation sites (tertiary alicyclic amines) is 1. The number of nitrogens with zero attached hydrogens (tertiary/aromatic N) is 3. The first-order valence-electron chi connectivity index (χ1n) is 11.3. The Bertz CT molecular complexity index is 723. The minimum absolute atomic E-state index is 0. The number of halogens is 2. The fraction of sp³-hybridized carbons (Fsp3) is 0.696. The number of guanidine groups is 1.